The zero-order valence-corrected chi connectivity index (χ0v) is 14.7. The topological polar surface area (TPSA) is 92.2 Å². The van der Waals surface area contributed by atoms with Gasteiger partial charge < -0.3 is 5.11 Å². The second-order valence-corrected chi connectivity index (χ2v) is 7.74. The van der Waals surface area contributed by atoms with Crippen molar-refractivity contribution in [3.63, 3.8) is 0 Å². The molecule has 0 spiro atoms. The Hall–Kier alpha value is -0.840. The molecule has 0 saturated heterocycles. The Bertz CT molecular complexity index is 766. The lowest BCUT2D eigenvalue weighted by Gasteiger charge is -2.09. The quantitative estimate of drug-likeness (QED) is 0.685. The summed E-state index contributed by atoms with van der Waals surface area (Å²) in [7, 11) is -3.79. The summed E-state index contributed by atoms with van der Waals surface area (Å²) in [4.78, 5) is 0. The fraction of sp³-hybridized carbons (Fsp3) is 0.0909. The van der Waals surface area contributed by atoms with Gasteiger partial charge in [0.15, 0.2) is 5.75 Å². The highest BCUT2D eigenvalue weighted by Crippen LogP contribution is 2.24. The zero-order valence-electron chi connectivity index (χ0n) is 10.2. The molecule has 0 bridgehead atoms. The van der Waals surface area contributed by atoms with Crippen molar-refractivity contribution < 1.29 is 13.5 Å². The maximum Gasteiger partial charge on any atom is 0.238 e. The molecule has 10 heteroatoms. The summed E-state index contributed by atoms with van der Waals surface area (Å²) in [6.07, 6.45) is 0. The number of aromatic hydroxyl groups is 1. The summed E-state index contributed by atoms with van der Waals surface area (Å²) in [6, 6.07) is 5.78. The molecule has 2 N–H and O–H groups in total. The molecule has 0 radical (unpaired) electrons. The number of anilines is 1. The SMILES string of the molecule is O=S(=O)(Cc1cc(Cl)cc(Cl)c1)Nc1nnc(I)cc1O. The molecule has 0 amide bonds. The molecule has 21 heavy (non-hydrogen) atoms. The van der Waals surface area contributed by atoms with Crippen LogP contribution in [0.4, 0.5) is 5.82 Å². The van der Waals surface area contributed by atoms with Crippen LogP contribution in [0.25, 0.3) is 0 Å². The number of halogens is 3. The van der Waals surface area contributed by atoms with Crippen LogP contribution < -0.4 is 4.72 Å². The third kappa shape index (κ3) is 4.83. The van der Waals surface area contributed by atoms with Gasteiger partial charge >= 0.3 is 0 Å². The number of hydrogen-bond acceptors (Lipinski definition) is 5. The molecule has 0 atom stereocenters. The monoisotopic (exact) mass is 459 g/mol. The summed E-state index contributed by atoms with van der Waals surface area (Å²) in [6.45, 7) is 0. The van der Waals surface area contributed by atoms with E-state index in [1.165, 1.54) is 24.3 Å². The van der Waals surface area contributed by atoms with Gasteiger partial charge in [0.05, 0.1) is 5.75 Å². The minimum absolute atomic E-state index is 0.233. The highest BCUT2D eigenvalue weighted by molar-refractivity contribution is 14.1. The van der Waals surface area contributed by atoms with E-state index < -0.39 is 10.0 Å². The number of sulfonamides is 1. The predicted molar refractivity (Wildman–Crippen MR) is 89.1 cm³/mol. The van der Waals surface area contributed by atoms with Crippen molar-refractivity contribution in [2.75, 3.05) is 4.72 Å². The summed E-state index contributed by atoms with van der Waals surface area (Å²) in [5, 5.41) is 17.6. The Morgan fingerprint density at radius 1 is 1.14 bits per heavy atom. The molecule has 2 aromatic rings. The van der Waals surface area contributed by atoms with E-state index in [0.717, 1.165) is 0 Å². The molecule has 0 saturated carbocycles. The molecule has 0 aliphatic heterocycles. The van der Waals surface area contributed by atoms with Gasteiger partial charge in [0.2, 0.25) is 15.8 Å². The van der Waals surface area contributed by atoms with Gasteiger partial charge in [-0.3, -0.25) is 4.72 Å². The molecule has 0 aliphatic rings. The van der Waals surface area contributed by atoms with E-state index in [9.17, 15) is 13.5 Å². The van der Waals surface area contributed by atoms with Crippen molar-refractivity contribution in [2.45, 2.75) is 5.75 Å². The van der Waals surface area contributed by atoms with E-state index in [0.29, 0.717) is 19.3 Å². The first kappa shape index (κ1) is 16.5. The van der Waals surface area contributed by atoms with Crippen molar-refractivity contribution in [2.24, 2.45) is 0 Å². The average molecular weight is 460 g/mol. The Morgan fingerprint density at radius 3 is 2.33 bits per heavy atom. The van der Waals surface area contributed by atoms with E-state index in [4.69, 9.17) is 23.2 Å². The van der Waals surface area contributed by atoms with Crippen molar-refractivity contribution in [3.8, 4) is 5.75 Å². The van der Waals surface area contributed by atoms with Crippen LogP contribution in [-0.4, -0.2) is 23.7 Å². The molecule has 0 fully saturated rings. The zero-order chi connectivity index (χ0) is 15.6. The van der Waals surface area contributed by atoms with Gasteiger partial charge in [0.1, 0.15) is 3.70 Å². The fourth-order valence-electron chi connectivity index (χ4n) is 1.53. The van der Waals surface area contributed by atoms with Crippen LogP contribution in [0.15, 0.2) is 24.3 Å². The third-order valence-electron chi connectivity index (χ3n) is 2.28. The highest BCUT2D eigenvalue weighted by atomic mass is 127. The number of nitrogens with zero attached hydrogens (tertiary/aromatic N) is 2. The van der Waals surface area contributed by atoms with Gasteiger partial charge in [-0.15, -0.1) is 10.2 Å². The van der Waals surface area contributed by atoms with Crippen molar-refractivity contribution in [3.05, 3.63) is 43.6 Å². The summed E-state index contributed by atoms with van der Waals surface area (Å²) >= 11 is 13.5. The lowest BCUT2D eigenvalue weighted by Crippen LogP contribution is -2.16. The largest absolute Gasteiger partial charge is 0.504 e. The standard InChI is InChI=1S/C11H8Cl2IN3O3S/c12-7-1-6(2-8(13)3-7)5-21(19,20)17-11-9(18)4-10(14)15-16-11/h1-4H,5H2,(H,15,18)(H,16,17). The number of nitrogens with one attached hydrogen (secondary N) is 1. The van der Waals surface area contributed by atoms with Gasteiger partial charge in [-0.25, -0.2) is 8.42 Å². The maximum atomic E-state index is 12.1. The molecule has 112 valence electrons. The number of benzene rings is 1. The van der Waals surface area contributed by atoms with Gasteiger partial charge in [-0.05, 0) is 46.4 Å². The molecular weight excluding hydrogens is 452 g/mol. The van der Waals surface area contributed by atoms with Crippen molar-refractivity contribution in [1.29, 1.82) is 0 Å². The second-order valence-electron chi connectivity index (χ2n) is 4.04. The Morgan fingerprint density at radius 2 is 1.76 bits per heavy atom. The molecule has 1 aromatic carbocycles. The number of hydrogen-bond donors (Lipinski definition) is 2. The van der Waals surface area contributed by atoms with Crippen molar-refractivity contribution in [1.82, 2.24) is 10.2 Å². The van der Waals surface area contributed by atoms with Crippen LogP contribution in [-0.2, 0) is 15.8 Å². The van der Waals surface area contributed by atoms with Crippen LogP contribution >= 0.6 is 45.8 Å². The molecular formula is C11H8Cl2IN3O3S. The van der Waals surface area contributed by atoms with E-state index >= 15 is 0 Å². The Kier molecular flexibility index (Phi) is 5.12. The number of aromatic nitrogens is 2. The molecule has 1 aromatic heterocycles. The molecule has 2 rings (SSSR count). The van der Waals surface area contributed by atoms with Crippen LogP contribution in [0.3, 0.4) is 0 Å². The lowest BCUT2D eigenvalue weighted by molar-refractivity contribution is 0.473. The van der Waals surface area contributed by atoms with Gasteiger partial charge in [-0.1, -0.05) is 23.2 Å². The first-order chi connectivity index (χ1) is 9.75. The van der Waals surface area contributed by atoms with Crippen LogP contribution in [0.1, 0.15) is 5.56 Å². The third-order valence-corrected chi connectivity index (χ3v) is 4.46. The lowest BCUT2D eigenvalue weighted by atomic mass is 10.2. The fourth-order valence-corrected chi connectivity index (χ4v) is 3.62. The first-order valence-corrected chi connectivity index (χ1v) is 8.91. The van der Waals surface area contributed by atoms with Crippen molar-refractivity contribution >= 4 is 61.6 Å². The first-order valence-electron chi connectivity index (χ1n) is 5.43. The van der Waals surface area contributed by atoms with E-state index in [-0.39, 0.29) is 17.3 Å². The normalized spacial score (nSPS) is 11.4. The molecule has 6 nitrogen and oxygen atoms in total. The predicted octanol–water partition coefficient (Wildman–Crippen LogP) is 3.04. The highest BCUT2D eigenvalue weighted by Gasteiger charge is 2.16. The minimum atomic E-state index is -3.79. The maximum absolute atomic E-state index is 12.1. The minimum Gasteiger partial charge on any atom is -0.504 e. The molecule has 0 aliphatic carbocycles. The van der Waals surface area contributed by atoms with E-state index in [1.807, 2.05) is 22.6 Å². The van der Waals surface area contributed by atoms with Gasteiger partial charge in [0.25, 0.3) is 0 Å². The van der Waals surface area contributed by atoms with Crippen LogP contribution in [0, 0.1) is 3.70 Å². The smallest absolute Gasteiger partial charge is 0.238 e. The Balaban J connectivity index is 2.22. The van der Waals surface area contributed by atoms with Gasteiger partial charge in [0, 0.05) is 16.1 Å². The summed E-state index contributed by atoms with van der Waals surface area (Å²) in [5.74, 6) is -0.897. The molecule has 1 heterocycles. The molecule has 0 unspecified atom stereocenters. The second kappa shape index (κ2) is 6.51. The van der Waals surface area contributed by atoms with E-state index in [1.54, 1.807) is 0 Å². The Labute approximate surface area is 144 Å². The van der Waals surface area contributed by atoms with E-state index in [2.05, 4.69) is 14.9 Å². The summed E-state index contributed by atoms with van der Waals surface area (Å²) in [5.41, 5.74) is 0.415. The summed E-state index contributed by atoms with van der Waals surface area (Å²) < 4.78 is 26.7. The average Bonchev–Trinajstić information content (AvgIpc) is 2.30. The number of rotatable bonds is 4. The van der Waals surface area contributed by atoms with Crippen LogP contribution in [0.2, 0.25) is 10.0 Å². The van der Waals surface area contributed by atoms with Crippen LogP contribution in [0.5, 0.6) is 5.75 Å². The van der Waals surface area contributed by atoms with Gasteiger partial charge in [-0.2, -0.15) is 0 Å².